The van der Waals surface area contributed by atoms with E-state index in [2.05, 4.69) is 65.8 Å². The molecule has 26 heavy (non-hydrogen) atoms. The van der Waals surface area contributed by atoms with Crippen LogP contribution in [-0.2, 0) is 0 Å². The number of nitrogens with zero attached hydrogens (tertiary/aromatic N) is 1. The molecule has 0 radical (unpaired) electrons. The summed E-state index contributed by atoms with van der Waals surface area (Å²) in [4.78, 5) is 4.66. The molecule has 0 spiro atoms. The van der Waals surface area contributed by atoms with Crippen molar-refractivity contribution >= 4 is 17.6 Å². The van der Waals surface area contributed by atoms with E-state index < -0.39 is 0 Å². The lowest BCUT2D eigenvalue weighted by Crippen LogP contribution is -2.11. The molecule has 1 aliphatic heterocycles. The van der Waals surface area contributed by atoms with Gasteiger partial charge in [-0.25, -0.2) is 0 Å². The molecule has 1 heterocycles. The van der Waals surface area contributed by atoms with Crippen molar-refractivity contribution in [3.63, 3.8) is 0 Å². The van der Waals surface area contributed by atoms with Gasteiger partial charge in [0.15, 0.2) is 0 Å². The third-order valence-electron chi connectivity index (χ3n) is 5.10. The Hall–Kier alpha value is -2.87. The van der Waals surface area contributed by atoms with Crippen LogP contribution in [0.25, 0.3) is 0 Å². The summed E-state index contributed by atoms with van der Waals surface area (Å²) in [6.07, 6.45) is 4.34. The largest absolute Gasteiger partial charge is 0.377 e. The molecule has 2 unspecified atom stereocenters. The first-order chi connectivity index (χ1) is 12.9. The minimum atomic E-state index is 0.331. The quantitative estimate of drug-likeness (QED) is 0.528. The van der Waals surface area contributed by atoms with E-state index in [4.69, 9.17) is 0 Å². The number of anilines is 1. The number of hydrogen-bond donors (Lipinski definition) is 1. The van der Waals surface area contributed by atoms with Gasteiger partial charge >= 0.3 is 0 Å². The Morgan fingerprint density at radius 3 is 2.35 bits per heavy atom. The maximum atomic E-state index is 4.66. The van der Waals surface area contributed by atoms with Crippen LogP contribution in [0.5, 0.6) is 0 Å². The first kappa shape index (κ1) is 16.6. The van der Waals surface area contributed by atoms with Crippen LogP contribution in [0.4, 0.5) is 11.4 Å². The van der Waals surface area contributed by atoms with Crippen LogP contribution in [0.1, 0.15) is 48.4 Å². The molecule has 0 aliphatic carbocycles. The standard InChI is InChI=1S/C24H24N2/c1-2-10-21-22-16-9-13-19(17-25-20-14-7-4-8-15-20)24(22)26-23(21)18-11-5-3-6-12-18/h3-9,11-17,21,23,26H,2,10H2,1H3/b25-17+. The van der Waals surface area contributed by atoms with Crippen LogP contribution in [0.15, 0.2) is 83.9 Å². The number of hydrogen-bond acceptors (Lipinski definition) is 2. The van der Waals surface area contributed by atoms with Gasteiger partial charge in [0.05, 0.1) is 11.7 Å². The van der Waals surface area contributed by atoms with Gasteiger partial charge in [-0.1, -0.05) is 80.1 Å². The molecule has 0 amide bonds. The van der Waals surface area contributed by atoms with Gasteiger partial charge in [0.25, 0.3) is 0 Å². The first-order valence-electron chi connectivity index (χ1n) is 9.40. The molecule has 3 aromatic rings. The van der Waals surface area contributed by atoms with Gasteiger partial charge in [0.2, 0.25) is 0 Å². The lowest BCUT2D eigenvalue weighted by atomic mass is 9.87. The van der Waals surface area contributed by atoms with Gasteiger partial charge in [0, 0.05) is 23.4 Å². The maximum absolute atomic E-state index is 4.66. The van der Waals surface area contributed by atoms with Crippen LogP contribution in [0, 0.1) is 0 Å². The second-order valence-corrected chi connectivity index (χ2v) is 6.83. The van der Waals surface area contributed by atoms with E-state index >= 15 is 0 Å². The van der Waals surface area contributed by atoms with Crippen molar-refractivity contribution in [3.8, 4) is 0 Å². The highest BCUT2D eigenvalue weighted by molar-refractivity contribution is 5.91. The highest BCUT2D eigenvalue weighted by Gasteiger charge is 2.33. The van der Waals surface area contributed by atoms with Gasteiger partial charge in [0.1, 0.15) is 0 Å². The Labute approximate surface area is 155 Å². The van der Waals surface area contributed by atoms with Crippen LogP contribution in [0.2, 0.25) is 0 Å². The monoisotopic (exact) mass is 340 g/mol. The van der Waals surface area contributed by atoms with Crippen molar-refractivity contribution < 1.29 is 0 Å². The number of para-hydroxylation sites is 2. The Morgan fingerprint density at radius 1 is 0.885 bits per heavy atom. The molecule has 130 valence electrons. The van der Waals surface area contributed by atoms with E-state index in [9.17, 15) is 0 Å². The summed E-state index contributed by atoms with van der Waals surface area (Å²) in [6, 6.07) is 27.8. The number of rotatable bonds is 5. The van der Waals surface area contributed by atoms with E-state index in [0.29, 0.717) is 12.0 Å². The minimum absolute atomic E-state index is 0.331. The maximum Gasteiger partial charge on any atom is 0.0629 e. The molecule has 2 nitrogen and oxygen atoms in total. The second-order valence-electron chi connectivity index (χ2n) is 6.83. The average Bonchev–Trinajstić information content (AvgIpc) is 3.07. The molecule has 1 N–H and O–H groups in total. The fourth-order valence-corrected chi connectivity index (χ4v) is 3.88. The van der Waals surface area contributed by atoms with Crippen LogP contribution >= 0.6 is 0 Å². The number of fused-ring (bicyclic) bond motifs is 1. The van der Waals surface area contributed by atoms with Gasteiger partial charge in [-0.3, -0.25) is 4.99 Å². The van der Waals surface area contributed by atoms with Crippen molar-refractivity contribution in [2.45, 2.75) is 31.7 Å². The molecule has 0 saturated carbocycles. The molecular formula is C24H24N2. The number of aliphatic imine (C=N–C) groups is 1. The van der Waals surface area contributed by atoms with Crippen LogP contribution < -0.4 is 5.32 Å². The smallest absolute Gasteiger partial charge is 0.0629 e. The van der Waals surface area contributed by atoms with Gasteiger partial charge < -0.3 is 5.32 Å². The summed E-state index contributed by atoms with van der Waals surface area (Å²) in [5.41, 5.74) is 6.14. The molecule has 0 aromatic heterocycles. The zero-order valence-corrected chi connectivity index (χ0v) is 15.1. The van der Waals surface area contributed by atoms with Crippen molar-refractivity contribution in [2.75, 3.05) is 5.32 Å². The molecule has 0 bridgehead atoms. The molecule has 2 atom stereocenters. The molecule has 2 heteroatoms. The Kier molecular flexibility index (Phi) is 4.83. The summed E-state index contributed by atoms with van der Waals surface area (Å²) in [5, 5.41) is 3.80. The van der Waals surface area contributed by atoms with E-state index in [-0.39, 0.29) is 0 Å². The zero-order chi connectivity index (χ0) is 17.8. The predicted octanol–water partition coefficient (Wildman–Crippen LogP) is 6.49. The third-order valence-corrected chi connectivity index (χ3v) is 5.10. The van der Waals surface area contributed by atoms with Crippen LogP contribution in [-0.4, -0.2) is 6.21 Å². The highest BCUT2D eigenvalue weighted by atomic mass is 15.0. The van der Waals surface area contributed by atoms with Crippen molar-refractivity contribution in [1.82, 2.24) is 0 Å². The second kappa shape index (κ2) is 7.57. The molecule has 4 rings (SSSR count). The lowest BCUT2D eigenvalue weighted by Gasteiger charge is -2.20. The molecular weight excluding hydrogens is 316 g/mol. The number of benzene rings is 3. The number of nitrogens with one attached hydrogen (secondary N) is 1. The molecule has 0 saturated heterocycles. The topological polar surface area (TPSA) is 24.4 Å². The molecule has 0 fully saturated rings. The van der Waals surface area contributed by atoms with E-state index in [1.54, 1.807) is 0 Å². The van der Waals surface area contributed by atoms with Gasteiger partial charge in [-0.15, -0.1) is 0 Å². The van der Waals surface area contributed by atoms with Gasteiger partial charge in [-0.05, 0) is 29.7 Å². The molecule has 3 aromatic carbocycles. The summed E-state index contributed by atoms with van der Waals surface area (Å²) in [6.45, 7) is 2.26. The van der Waals surface area contributed by atoms with Crippen LogP contribution in [0.3, 0.4) is 0 Å². The summed E-state index contributed by atoms with van der Waals surface area (Å²) < 4.78 is 0. The fourth-order valence-electron chi connectivity index (χ4n) is 3.88. The SMILES string of the molecule is CCCC1c2cccc(/C=N/c3ccccc3)c2NC1c1ccccc1. The summed E-state index contributed by atoms with van der Waals surface area (Å²) in [7, 11) is 0. The summed E-state index contributed by atoms with van der Waals surface area (Å²) in [5.74, 6) is 0.502. The summed E-state index contributed by atoms with van der Waals surface area (Å²) >= 11 is 0. The lowest BCUT2D eigenvalue weighted by molar-refractivity contribution is 0.564. The van der Waals surface area contributed by atoms with E-state index in [0.717, 1.165) is 11.3 Å². The van der Waals surface area contributed by atoms with E-state index in [1.165, 1.54) is 29.7 Å². The Bertz CT molecular complexity index is 885. The Morgan fingerprint density at radius 2 is 1.62 bits per heavy atom. The van der Waals surface area contributed by atoms with Crippen molar-refractivity contribution in [1.29, 1.82) is 0 Å². The highest BCUT2D eigenvalue weighted by Crippen LogP contribution is 2.47. The first-order valence-corrected chi connectivity index (χ1v) is 9.40. The molecule has 1 aliphatic rings. The third kappa shape index (κ3) is 3.28. The Balaban J connectivity index is 1.69. The van der Waals surface area contributed by atoms with E-state index in [1.807, 2.05) is 36.5 Å². The van der Waals surface area contributed by atoms with Gasteiger partial charge in [-0.2, -0.15) is 0 Å². The van der Waals surface area contributed by atoms with Crippen molar-refractivity contribution in [3.05, 3.63) is 95.6 Å². The zero-order valence-electron chi connectivity index (χ0n) is 15.1. The fraction of sp³-hybridized carbons (Fsp3) is 0.208. The van der Waals surface area contributed by atoms with Crippen molar-refractivity contribution in [2.24, 2.45) is 4.99 Å². The minimum Gasteiger partial charge on any atom is -0.377 e. The normalized spacial score (nSPS) is 18.7. The average molecular weight is 340 g/mol. The predicted molar refractivity (Wildman–Crippen MR) is 111 cm³/mol.